The molecular weight excluding hydrogens is 332 g/mol. The molecule has 1 aliphatic rings. The molecule has 138 valence electrons. The number of esters is 1. The molecule has 0 aromatic carbocycles. The molecular formula is C19H24N4O3. The Morgan fingerprint density at radius 3 is 2.58 bits per heavy atom. The van der Waals surface area contributed by atoms with Crippen molar-refractivity contribution in [1.29, 1.82) is 0 Å². The molecule has 1 unspecified atom stereocenters. The molecule has 26 heavy (non-hydrogen) atoms. The molecule has 1 aliphatic carbocycles. The fourth-order valence-corrected chi connectivity index (χ4v) is 3.16. The molecule has 0 radical (unpaired) electrons. The fraction of sp³-hybridized carbons (Fsp3) is 0.474. The second kappa shape index (κ2) is 7.68. The van der Waals surface area contributed by atoms with Crippen molar-refractivity contribution in [1.82, 2.24) is 20.1 Å². The molecule has 1 atom stereocenters. The molecule has 0 aliphatic heterocycles. The normalized spacial score (nSPS) is 15.7. The van der Waals surface area contributed by atoms with E-state index in [1.165, 1.54) is 6.20 Å². The quantitative estimate of drug-likeness (QED) is 0.832. The SMILES string of the molecule is Cc1cc(C)n(-c2ccc(C(=O)OC(C)C(=O)NC3CCCC3)cn2)n1. The lowest BCUT2D eigenvalue weighted by Crippen LogP contribution is -2.40. The maximum absolute atomic E-state index is 12.3. The Hall–Kier alpha value is -2.70. The predicted molar refractivity (Wildman–Crippen MR) is 96.1 cm³/mol. The van der Waals surface area contributed by atoms with Gasteiger partial charge >= 0.3 is 5.97 Å². The number of hydrogen-bond acceptors (Lipinski definition) is 5. The molecule has 2 aromatic heterocycles. The highest BCUT2D eigenvalue weighted by atomic mass is 16.5. The summed E-state index contributed by atoms with van der Waals surface area (Å²) in [5.41, 5.74) is 2.16. The Morgan fingerprint density at radius 1 is 1.27 bits per heavy atom. The topological polar surface area (TPSA) is 86.1 Å². The van der Waals surface area contributed by atoms with Crippen LogP contribution < -0.4 is 5.32 Å². The molecule has 3 rings (SSSR count). The van der Waals surface area contributed by atoms with Gasteiger partial charge in [-0.15, -0.1) is 0 Å². The highest BCUT2D eigenvalue weighted by Gasteiger charge is 2.23. The zero-order chi connectivity index (χ0) is 18.7. The lowest BCUT2D eigenvalue weighted by molar-refractivity contribution is -0.129. The predicted octanol–water partition coefficient (Wildman–Crippen LogP) is 2.49. The number of rotatable bonds is 5. The number of hydrogen-bond donors (Lipinski definition) is 1. The minimum absolute atomic E-state index is 0.199. The summed E-state index contributed by atoms with van der Waals surface area (Å²) < 4.78 is 6.98. The summed E-state index contributed by atoms with van der Waals surface area (Å²) in [7, 11) is 0. The molecule has 7 heteroatoms. The number of nitrogens with zero attached hydrogens (tertiary/aromatic N) is 3. The number of ether oxygens (including phenoxy) is 1. The standard InChI is InChI=1S/C19H24N4O3/c1-12-10-13(2)23(22-12)17-9-8-15(11-20-17)19(25)26-14(3)18(24)21-16-6-4-5-7-16/h8-11,14,16H,4-7H2,1-3H3,(H,21,24). The van der Waals surface area contributed by atoms with E-state index in [0.717, 1.165) is 37.1 Å². The van der Waals surface area contributed by atoms with E-state index in [1.54, 1.807) is 23.7 Å². The minimum atomic E-state index is -0.834. The van der Waals surface area contributed by atoms with E-state index in [0.29, 0.717) is 11.4 Å². The van der Waals surface area contributed by atoms with Crippen LogP contribution in [0, 0.1) is 13.8 Å². The van der Waals surface area contributed by atoms with Gasteiger partial charge in [-0.2, -0.15) is 5.10 Å². The molecule has 1 fully saturated rings. The van der Waals surface area contributed by atoms with Crippen LogP contribution in [0.1, 0.15) is 54.4 Å². The third kappa shape index (κ3) is 4.09. The molecule has 1 amide bonds. The number of aromatic nitrogens is 3. The van der Waals surface area contributed by atoms with Crippen LogP contribution in [0.15, 0.2) is 24.4 Å². The van der Waals surface area contributed by atoms with E-state index in [2.05, 4.69) is 15.4 Å². The Bertz CT molecular complexity index is 792. The van der Waals surface area contributed by atoms with Crippen molar-refractivity contribution < 1.29 is 14.3 Å². The van der Waals surface area contributed by atoms with Gasteiger partial charge in [0.15, 0.2) is 11.9 Å². The molecule has 0 bridgehead atoms. The number of carbonyl (C=O) groups excluding carboxylic acids is 2. The van der Waals surface area contributed by atoms with Crippen LogP contribution in [0.4, 0.5) is 0 Å². The monoisotopic (exact) mass is 356 g/mol. The van der Waals surface area contributed by atoms with Gasteiger partial charge in [-0.25, -0.2) is 14.5 Å². The first-order valence-corrected chi connectivity index (χ1v) is 8.95. The van der Waals surface area contributed by atoms with Gasteiger partial charge in [0.2, 0.25) is 0 Å². The van der Waals surface area contributed by atoms with E-state index < -0.39 is 12.1 Å². The highest BCUT2D eigenvalue weighted by Crippen LogP contribution is 2.18. The van der Waals surface area contributed by atoms with Crippen molar-refractivity contribution >= 4 is 11.9 Å². The second-order valence-electron chi connectivity index (χ2n) is 6.78. The second-order valence-corrected chi connectivity index (χ2v) is 6.78. The third-order valence-electron chi connectivity index (χ3n) is 4.56. The van der Waals surface area contributed by atoms with E-state index in [1.807, 2.05) is 19.9 Å². The van der Waals surface area contributed by atoms with Crippen LogP contribution >= 0.6 is 0 Å². The van der Waals surface area contributed by atoms with Crippen LogP contribution in [0.5, 0.6) is 0 Å². The average Bonchev–Trinajstić information content (AvgIpc) is 3.24. The lowest BCUT2D eigenvalue weighted by atomic mass is 10.2. The largest absolute Gasteiger partial charge is 0.449 e. The van der Waals surface area contributed by atoms with E-state index >= 15 is 0 Å². The van der Waals surface area contributed by atoms with Crippen molar-refractivity contribution in [2.45, 2.75) is 58.6 Å². The first-order valence-electron chi connectivity index (χ1n) is 8.95. The molecule has 1 N–H and O–H groups in total. The molecule has 0 saturated heterocycles. The Balaban J connectivity index is 1.60. The minimum Gasteiger partial charge on any atom is -0.449 e. The van der Waals surface area contributed by atoms with Crippen LogP contribution in [0.3, 0.4) is 0 Å². The van der Waals surface area contributed by atoms with Gasteiger partial charge in [0.25, 0.3) is 5.91 Å². The maximum atomic E-state index is 12.3. The van der Waals surface area contributed by atoms with Gasteiger partial charge < -0.3 is 10.1 Å². The van der Waals surface area contributed by atoms with Crippen molar-refractivity contribution in [2.75, 3.05) is 0 Å². The Morgan fingerprint density at radius 2 is 2.00 bits per heavy atom. The molecule has 2 aromatic rings. The van der Waals surface area contributed by atoms with Gasteiger partial charge in [0.05, 0.1) is 11.3 Å². The van der Waals surface area contributed by atoms with E-state index in [4.69, 9.17) is 4.74 Å². The van der Waals surface area contributed by atoms with E-state index in [-0.39, 0.29) is 11.9 Å². The maximum Gasteiger partial charge on any atom is 0.340 e. The van der Waals surface area contributed by atoms with E-state index in [9.17, 15) is 9.59 Å². The van der Waals surface area contributed by atoms with Gasteiger partial charge in [0, 0.05) is 17.9 Å². The van der Waals surface area contributed by atoms with Gasteiger partial charge in [-0.1, -0.05) is 12.8 Å². The van der Waals surface area contributed by atoms with Crippen molar-refractivity contribution in [3.63, 3.8) is 0 Å². The third-order valence-corrected chi connectivity index (χ3v) is 4.56. The summed E-state index contributed by atoms with van der Waals surface area (Å²) in [6.07, 6.45) is 4.85. The number of aryl methyl sites for hydroxylation is 2. The summed E-state index contributed by atoms with van der Waals surface area (Å²) in [4.78, 5) is 28.7. The first-order chi connectivity index (χ1) is 12.4. The molecule has 2 heterocycles. The lowest BCUT2D eigenvalue weighted by Gasteiger charge is -2.17. The Labute approximate surface area is 152 Å². The average molecular weight is 356 g/mol. The van der Waals surface area contributed by atoms with Gasteiger partial charge in [-0.3, -0.25) is 4.79 Å². The number of nitrogens with one attached hydrogen (secondary N) is 1. The number of carbonyl (C=O) groups is 2. The summed E-state index contributed by atoms with van der Waals surface area (Å²) in [5.74, 6) is -0.192. The number of amides is 1. The molecule has 0 spiro atoms. The Kier molecular flexibility index (Phi) is 5.35. The van der Waals surface area contributed by atoms with Gasteiger partial charge in [-0.05, 0) is 51.8 Å². The first kappa shape index (κ1) is 18.1. The summed E-state index contributed by atoms with van der Waals surface area (Å²) in [6, 6.07) is 5.49. The summed E-state index contributed by atoms with van der Waals surface area (Å²) in [6.45, 7) is 5.43. The van der Waals surface area contributed by atoms with Crippen LogP contribution in [-0.4, -0.2) is 38.8 Å². The molecule has 7 nitrogen and oxygen atoms in total. The van der Waals surface area contributed by atoms with Crippen LogP contribution in [0.25, 0.3) is 5.82 Å². The summed E-state index contributed by atoms with van der Waals surface area (Å²) >= 11 is 0. The zero-order valence-electron chi connectivity index (χ0n) is 15.4. The van der Waals surface area contributed by atoms with Gasteiger partial charge in [0.1, 0.15) is 0 Å². The van der Waals surface area contributed by atoms with Crippen LogP contribution in [0.2, 0.25) is 0 Å². The fourth-order valence-electron chi connectivity index (χ4n) is 3.16. The number of pyridine rings is 1. The van der Waals surface area contributed by atoms with Crippen molar-refractivity contribution in [3.05, 3.63) is 41.3 Å². The van der Waals surface area contributed by atoms with Crippen molar-refractivity contribution in [3.8, 4) is 5.82 Å². The smallest absolute Gasteiger partial charge is 0.340 e. The highest BCUT2D eigenvalue weighted by molar-refractivity contribution is 5.92. The van der Waals surface area contributed by atoms with Crippen molar-refractivity contribution in [2.24, 2.45) is 0 Å². The zero-order valence-corrected chi connectivity index (χ0v) is 15.4. The summed E-state index contributed by atoms with van der Waals surface area (Å²) in [5, 5.41) is 7.29. The van der Waals surface area contributed by atoms with Crippen LogP contribution in [-0.2, 0) is 9.53 Å². The molecule has 1 saturated carbocycles.